The number of carbonyl (C=O) groups is 2. The number of ketones is 1. The number of benzene rings is 2. The first-order chi connectivity index (χ1) is 16.0. The lowest BCUT2D eigenvalue weighted by Crippen LogP contribution is -2.31. The number of Topliss-reactive ketones (excluding diaryl/α,β-unsaturated/α-hetero) is 1. The van der Waals surface area contributed by atoms with Gasteiger partial charge in [-0.3, -0.25) is 9.59 Å². The zero-order chi connectivity index (χ0) is 23.4. The summed E-state index contributed by atoms with van der Waals surface area (Å²) < 4.78 is 0. The highest BCUT2D eigenvalue weighted by atomic mass is 16.2. The smallest absolute Gasteiger partial charge is 0.220 e. The van der Waals surface area contributed by atoms with Gasteiger partial charge in [0.1, 0.15) is 17.5 Å². The highest BCUT2D eigenvalue weighted by molar-refractivity contribution is 6.03. The van der Waals surface area contributed by atoms with Gasteiger partial charge in [-0.25, -0.2) is 0 Å². The number of rotatable bonds is 7. The highest BCUT2D eigenvalue weighted by Crippen LogP contribution is 2.40. The van der Waals surface area contributed by atoms with E-state index in [-0.39, 0.29) is 30.1 Å². The third-order valence-electron chi connectivity index (χ3n) is 6.43. The Labute approximate surface area is 194 Å². The molecule has 2 aliphatic heterocycles. The second-order valence-corrected chi connectivity index (χ2v) is 8.58. The Kier molecular flexibility index (Phi) is 6.64. The first kappa shape index (κ1) is 22.4. The Bertz CT molecular complexity index is 1070. The maximum absolute atomic E-state index is 12.8. The Balaban J connectivity index is 1.29. The number of hydrogen-bond acceptors (Lipinski definition) is 6. The Morgan fingerprint density at radius 1 is 1.00 bits per heavy atom. The van der Waals surface area contributed by atoms with Gasteiger partial charge in [0, 0.05) is 52.3 Å². The summed E-state index contributed by atoms with van der Waals surface area (Å²) in [6, 6.07) is 20.1. The molecule has 2 heterocycles. The van der Waals surface area contributed by atoms with E-state index in [1.807, 2.05) is 66.4 Å². The highest BCUT2D eigenvalue weighted by Gasteiger charge is 2.31. The van der Waals surface area contributed by atoms with E-state index in [4.69, 9.17) is 0 Å². The monoisotopic (exact) mass is 443 g/mol. The molecule has 4 rings (SSSR count). The molecule has 0 aromatic heterocycles. The number of nitriles is 1. The predicted molar refractivity (Wildman–Crippen MR) is 130 cm³/mol. The Hall–Kier alpha value is -3.79. The SMILES string of the molecule is CN1C(=C(C#N)C(=O)CCC(=O)NCC2CCN(c3ccccc3)C2)N(C)c2ccccc21. The van der Waals surface area contributed by atoms with Gasteiger partial charge in [0.25, 0.3) is 0 Å². The van der Waals surface area contributed by atoms with Gasteiger partial charge in [0.2, 0.25) is 5.91 Å². The molecule has 0 spiro atoms. The van der Waals surface area contributed by atoms with E-state index in [9.17, 15) is 14.9 Å². The van der Waals surface area contributed by atoms with Gasteiger partial charge in [0.15, 0.2) is 5.78 Å². The number of nitrogens with one attached hydrogen (secondary N) is 1. The lowest BCUT2D eigenvalue weighted by atomic mass is 10.1. The summed E-state index contributed by atoms with van der Waals surface area (Å²) in [4.78, 5) is 31.3. The van der Waals surface area contributed by atoms with Crippen molar-refractivity contribution in [3.63, 3.8) is 0 Å². The fourth-order valence-corrected chi connectivity index (χ4v) is 4.63. The first-order valence-electron chi connectivity index (χ1n) is 11.3. The minimum absolute atomic E-state index is 0.0110. The van der Waals surface area contributed by atoms with E-state index >= 15 is 0 Å². The molecule has 2 aromatic rings. The van der Waals surface area contributed by atoms with Crippen LogP contribution < -0.4 is 20.0 Å². The third-order valence-corrected chi connectivity index (χ3v) is 6.43. The second-order valence-electron chi connectivity index (χ2n) is 8.58. The average Bonchev–Trinajstić information content (AvgIpc) is 3.42. The van der Waals surface area contributed by atoms with E-state index in [1.54, 1.807) is 0 Å². The van der Waals surface area contributed by atoms with Crippen LogP contribution in [0.2, 0.25) is 0 Å². The van der Waals surface area contributed by atoms with Gasteiger partial charge in [-0.05, 0) is 36.6 Å². The number of nitrogens with zero attached hydrogens (tertiary/aromatic N) is 4. The van der Waals surface area contributed by atoms with Crippen LogP contribution in [0.15, 0.2) is 66.0 Å². The average molecular weight is 444 g/mol. The topological polar surface area (TPSA) is 79.7 Å². The van der Waals surface area contributed by atoms with Gasteiger partial charge >= 0.3 is 0 Å². The molecule has 0 radical (unpaired) electrons. The second kappa shape index (κ2) is 9.78. The molecule has 1 unspecified atom stereocenters. The molecule has 7 nitrogen and oxygen atoms in total. The van der Waals surface area contributed by atoms with Crippen molar-refractivity contribution in [2.75, 3.05) is 48.4 Å². The van der Waals surface area contributed by atoms with Gasteiger partial charge < -0.3 is 20.0 Å². The molecule has 0 aliphatic carbocycles. The Morgan fingerprint density at radius 2 is 1.64 bits per heavy atom. The summed E-state index contributed by atoms with van der Waals surface area (Å²) in [5.41, 5.74) is 3.17. The van der Waals surface area contributed by atoms with E-state index in [0.29, 0.717) is 18.3 Å². The van der Waals surface area contributed by atoms with Crippen LogP contribution in [-0.2, 0) is 9.59 Å². The van der Waals surface area contributed by atoms with Crippen molar-refractivity contribution in [2.24, 2.45) is 5.92 Å². The minimum Gasteiger partial charge on any atom is -0.371 e. The minimum atomic E-state index is -0.315. The fourth-order valence-electron chi connectivity index (χ4n) is 4.63. The van der Waals surface area contributed by atoms with Crippen LogP contribution in [0.4, 0.5) is 17.1 Å². The van der Waals surface area contributed by atoms with Crippen LogP contribution in [0, 0.1) is 17.2 Å². The number of carbonyl (C=O) groups excluding carboxylic acids is 2. The van der Waals surface area contributed by atoms with Crippen molar-refractivity contribution in [1.82, 2.24) is 5.32 Å². The van der Waals surface area contributed by atoms with Gasteiger partial charge in [-0.1, -0.05) is 30.3 Å². The first-order valence-corrected chi connectivity index (χ1v) is 11.3. The van der Waals surface area contributed by atoms with E-state index in [1.165, 1.54) is 5.69 Å². The van der Waals surface area contributed by atoms with Crippen molar-refractivity contribution in [2.45, 2.75) is 19.3 Å². The maximum Gasteiger partial charge on any atom is 0.220 e. The molecule has 170 valence electrons. The van der Waals surface area contributed by atoms with Crippen LogP contribution in [0.25, 0.3) is 0 Å². The zero-order valence-electron chi connectivity index (χ0n) is 19.1. The van der Waals surface area contributed by atoms with Crippen LogP contribution in [0.3, 0.4) is 0 Å². The molecule has 1 fully saturated rings. The van der Waals surface area contributed by atoms with E-state index < -0.39 is 0 Å². The predicted octanol–water partition coefficient (Wildman–Crippen LogP) is 3.30. The quantitative estimate of drug-likeness (QED) is 0.523. The lowest BCUT2D eigenvalue weighted by Gasteiger charge is -2.20. The van der Waals surface area contributed by atoms with E-state index in [0.717, 1.165) is 30.9 Å². The van der Waals surface area contributed by atoms with Gasteiger partial charge in [0.05, 0.1) is 11.4 Å². The van der Waals surface area contributed by atoms with Crippen molar-refractivity contribution in [3.8, 4) is 6.07 Å². The molecule has 1 N–H and O–H groups in total. The van der Waals surface area contributed by atoms with Crippen molar-refractivity contribution in [3.05, 3.63) is 66.0 Å². The van der Waals surface area contributed by atoms with Crippen molar-refractivity contribution < 1.29 is 9.59 Å². The summed E-state index contributed by atoms with van der Waals surface area (Å²) in [5.74, 6) is 0.475. The van der Waals surface area contributed by atoms with Crippen LogP contribution in [-0.4, -0.2) is 45.4 Å². The molecule has 2 aliphatic rings. The molecule has 1 atom stereocenters. The molecule has 7 heteroatoms. The molecule has 2 aromatic carbocycles. The molecule has 33 heavy (non-hydrogen) atoms. The molecule has 0 bridgehead atoms. The summed E-state index contributed by atoms with van der Waals surface area (Å²) in [6.45, 7) is 2.49. The van der Waals surface area contributed by atoms with Crippen molar-refractivity contribution >= 4 is 28.8 Å². The third kappa shape index (κ3) is 4.70. The summed E-state index contributed by atoms with van der Waals surface area (Å²) in [6.07, 6.45) is 1.11. The molecule has 1 amide bonds. The number of fused-ring (bicyclic) bond motifs is 1. The maximum atomic E-state index is 12.8. The number of para-hydroxylation sites is 3. The normalized spacial score (nSPS) is 17.1. The van der Waals surface area contributed by atoms with Crippen LogP contribution in [0.5, 0.6) is 0 Å². The number of amides is 1. The van der Waals surface area contributed by atoms with Crippen LogP contribution >= 0.6 is 0 Å². The molecular formula is C26H29N5O2. The number of allylic oxidation sites excluding steroid dienone is 1. The standard InChI is InChI=1S/C26H29N5O2/c1-29-22-10-6-7-11-23(22)30(2)26(29)21(16-27)24(32)12-13-25(33)28-17-19-14-15-31(18-19)20-8-4-3-5-9-20/h3-11,19H,12-15,17-18H2,1-2H3,(H,28,33). The summed E-state index contributed by atoms with van der Waals surface area (Å²) in [7, 11) is 3.69. The number of hydrogen-bond donors (Lipinski definition) is 1. The van der Waals surface area contributed by atoms with Gasteiger partial charge in [-0.2, -0.15) is 5.26 Å². The summed E-state index contributed by atoms with van der Waals surface area (Å²) in [5, 5.41) is 12.7. The molecule has 0 saturated carbocycles. The van der Waals surface area contributed by atoms with Gasteiger partial charge in [-0.15, -0.1) is 0 Å². The van der Waals surface area contributed by atoms with E-state index in [2.05, 4.69) is 28.4 Å². The number of anilines is 3. The molecule has 1 saturated heterocycles. The van der Waals surface area contributed by atoms with Crippen LogP contribution in [0.1, 0.15) is 19.3 Å². The summed E-state index contributed by atoms with van der Waals surface area (Å²) >= 11 is 0. The van der Waals surface area contributed by atoms with Crippen molar-refractivity contribution in [1.29, 1.82) is 5.26 Å². The fraction of sp³-hybridized carbons (Fsp3) is 0.346. The lowest BCUT2D eigenvalue weighted by molar-refractivity contribution is -0.124. The largest absolute Gasteiger partial charge is 0.371 e. The zero-order valence-corrected chi connectivity index (χ0v) is 19.1. The Morgan fingerprint density at radius 3 is 2.27 bits per heavy atom. The molecular weight excluding hydrogens is 414 g/mol.